The summed E-state index contributed by atoms with van der Waals surface area (Å²) in [6, 6.07) is 0. The summed E-state index contributed by atoms with van der Waals surface area (Å²) >= 11 is 0. The van der Waals surface area contributed by atoms with Crippen molar-refractivity contribution in [2.24, 2.45) is 0 Å². The van der Waals surface area contributed by atoms with Crippen LogP contribution in [0.25, 0.3) is 0 Å². The molecule has 0 fully saturated rings. The Kier molecular flexibility index (Phi) is 6.98. The van der Waals surface area contributed by atoms with Gasteiger partial charge >= 0.3 is 12.3 Å². The van der Waals surface area contributed by atoms with Crippen LogP contribution in [0.3, 0.4) is 0 Å². The van der Waals surface area contributed by atoms with Crippen LogP contribution in [-0.4, -0.2) is 51.7 Å². The topological polar surface area (TPSA) is 47.6 Å². The zero-order valence-corrected chi connectivity index (χ0v) is 8.64. The number of carbonyl (C=O) groups is 1. The smallest absolute Gasteiger partial charge is 0.324 e. The quantitative estimate of drug-likeness (QED) is 0.506. The van der Waals surface area contributed by atoms with E-state index in [1.807, 2.05) is 0 Å². The van der Waals surface area contributed by atoms with Crippen molar-refractivity contribution in [3.05, 3.63) is 0 Å². The Hall–Kier alpha value is -0.890. The van der Waals surface area contributed by atoms with E-state index in [1.54, 1.807) is 5.32 Å². The molecule has 4 nitrogen and oxygen atoms in total. The molecule has 96 valence electrons. The van der Waals surface area contributed by atoms with Crippen molar-refractivity contribution in [1.29, 1.82) is 0 Å². The van der Waals surface area contributed by atoms with E-state index in [1.165, 1.54) is 7.11 Å². The van der Waals surface area contributed by atoms with E-state index in [-0.39, 0.29) is 13.2 Å². The summed E-state index contributed by atoms with van der Waals surface area (Å²) in [5.41, 5.74) is 0. The van der Waals surface area contributed by atoms with Gasteiger partial charge in [-0.05, 0) is 0 Å². The fourth-order valence-electron chi connectivity index (χ4n) is 0.652. The molecule has 1 amide bonds. The van der Waals surface area contributed by atoms with Crippen LogP contribution in [-0.2, 0) is 14.3 Å². The van der Waals surface area contributed by atoms with Crippen LogP contribution in [0.5, 0.6) is 0 Å². The third kappa shape index (κ3) is 6.57. The van der Waals surface area contributed by atoms with Crippen molar-refractivity contribution < 1.29 is 31.8 Å². The summed E-state index contributed by atoms with van der Waals surface area (Å²) in [6.07, 6.45) is -3.80. The summed E-state index contributed by atoms with van der Waals surface area (Å²) in [7, 11) is 1.42. The van der Waals surface area contributed by atoms with Crippen LogP contribution in [0, 0.1) is 0 Å². The highest BCUT2D eigenvalue weighted by molar-refractivity contribution is 5.77. The van der Waals surface area contributed by atoms with Gasteiger partial charge in [0.2, 0.25) is 5.91 Å². The normalized spacial score (nSPS) is 11.9. The van der Waals surface area contributed by atoms with Crippen LogP contribution >= 0.6 is 0 Å². The fourth-order valence-corrected chi connectivity index (χ4v) is 0.652. The number of rotatable bonds is 8. The Morgan fingerprint density at radius 3 is 2.50 bits per heavy atom. The largest absolute Gasteiger partial charge is 0.382 e. The lowest BCUT2D eigenvalue weighted by molar-refractivity contribution is -0.139. The molecule has 16 heavy (non-hydrogen) atoms. The summed E-state index contributed by atoms with van der Waals surface area (Å²) in [4.78, 5) is 10.8. The molecule has 0 unspecified atom stereocenters. The maximum absolute atomic E-state index is 12.3. The Morgan fingerprint density at radius 2 is 2.00 bits per heavy atom. The average molecular weight is 247 g/mol. The van der Waals surface area contributed by atoms with Gasteiger partial charge in [0, 0.05) is 7.11 Å². The lowest BCUT2D eigenvalue weighted by Gasteiger charge is -2.15. The van der Waals surface area contributed by atoms with Gasteiger partial charge in [-0.15, -0.1) is 0 Å². The van der Waals surface area contributed by atoms with E-state index < -0.39 is 31.4 Å². The predicted octanol–water partition coefficient (Wildman–Crippen LogP) is 0.666. The van der Waals surface area contributed by atoms with Gasteiger partial charge in [0.25, 0.3) is 0 Å². The highest BCUT2D eigenvalue weighted by Crippen LogP contribution is 2.21. The van der Waals surface area contributed by atoms with Crippen molar-refractivity contribution in [2.75, 3.05) is 33.5 Å². The molecule has 0 saturated heterocycles. The van der Waals surface area contributed by atoms with Crippen LogP contribution in [0.4, 0.5) is 17.6 Å². The number of amides is 1. The van der Waals surface area contributed by atoms with Crippen LogP contribution in [0.2, 0.25) is 0 Å². The second-order valence-electron chi connectivity index (χ2n) is 2.88. The van der Waals surface area contributed by atoms with Crippen molar-refractivity contribution in [2.45, 2.75) is 12.3 Å². The van der Waals surface area contributed by atoms with Gasteiger partial charge in [0.1, 0.15) is 6.61 Å². The molecule has 0 aromatic heterocycles. The molecule has 0 aromatic carbocycles. The second kappa shape index (κ2) is 7.39. The van der Waals surface area contributed by atoms with Gasteiger partial charge in [0.15, 0.2) is 0 Å². The van der Waals surface area contributed by atoms with E-state index in [4.69, 9.17) is 4.74 Å². The molecule has 8 heteroatoms. The minimum atomic E-state index is -4.22. The summed E-state index contributed by atoms with van der Waals surface area (Å²) in [5.74, 6) is -5.10. The number of ether oxygens (including phenoxy) is 2. The van der Waals surface area contributed by atoms with E-state index in [0.29, 0.717) is 0 Å². The van der Waals surface area contributed by atoms with E-state index in [0.717, 1.165) is 0 Å². The van der Waals surface area contributed by atoms with Crippen LogP contribution < -0.4 is 5.32 Å². The molecule has 0 atom stereocenters. The van der Waals surface area contributed by atoms with Crippen molar-refractivity contribution >= 4 is 5.91 Å². The second-order valence-corrected chi connectivity index (χ2v) is 2.88. The Morgan fingerprint density at radius 1 is 1.38 bits per heavy atom. The maximum Gasteiger partial charge on any atom is 0.324 e. The number of nitrogens with one attached hydrogen (secondary N) is 1. The molecule has 0 saturated carbocycles. The average Bonchev–Trinajstić information content (AvgIpc) is 2.21. The number of methoxy groups -OCH3 is 1. The molecule has 0 aliphatic heterocycles. The lowest BCUT2D eigenvalue weighted by atomic mass is 10.3. The van der Waals surface area contributed by atoms with Crippen molar-refractivity contribution in [1.82, 2.24) is 5.32 Å². The van der Waals surface area contributed by atoms with Gasteiger partial charge < -0.3 is 14.8 Å². The molecule has 0 heterocycles. The van der Waals surface area contributed by atoms with Crippen LogP contribution in [0.15, 0.2) is 0 Å². The number of halogens is 4. The SMILES string of the molecule is COCCOCC(=O)NCC(F)(F)C(F)F. The highest BCUT2D eigenvalue weighted by atomic mass is 19.3. The molecular formula is C8H13F4NO3. The van der Waals surface area contributed by atoms with Gasteiger partial charge in [-0.2, -0.15) is 8.78 Å². The zero-order valence-electron chi connectivity index (χ0n) is 8.64. The number of hydrogen-bond acceptors (Lipinski definition) is 3. The fraction of sp³-hybridized carbons (Fsp3) is 0.875. The monoisotopic (exact) mass is 247 g/mol. The Bertz CT molecular complexity index is 213. The van der Waals surface area contributed by atoms with Crippen LogP contribution in [0.1, 0.15) is 0 Å². The van der Waals surface area contributed by atoms with E-state index >= 15 is 0 Å². The van der Waals surface area contributed by atoms with Crippen molar-refractivity contribution in [3.8, 4) is 0 Å². The number of hydrogen-bond donors (Lipinski definition) is 1. The Balaban J connectivity index is 3.65. The molecule has 0 bridgehead atoms. The summed E-state index contributed by atoms with van der Waals surface area (Å²) in [6.45, 7) is -1.50. The molecule has 0 aliphatic rings. The predicted molar refractivity (Wildman–Crippen MR) is 46.7 cm³/mol. The van der Waals surface area contributed by atoms with Gasteiger partial charge in [-0.3, -0.25) is 4.79 Å². The standard InChI is InChI=1S/C8H13F4NO3/c1-15-2-3-16-4-6(14)13-5-8(11,12)7(9)10/h7H,2-5H2,1H3,(H,13,14). The lowest BCUT2D eigenvalue weighted by Crippen LogP contribution is -2.42. The number of alkyl halides is 4. The summed E-state index contributed by atoms with van der Waals surface area (Å²) < 4.78 is 57.3. The maximum atomic E-state index is 12.3. The third-order valence-electron chi connectivity index (χ3n) is 1.51. The van der Waals surface area contributed by atoms with Crippen molar-refractivity contribution in [3.63, 3.8) is 0 Å². The minimum absolute atomic E-state index is 0.120. The van der Waals surface area contributed by atoms with E-state index in [2.05, 4.69) is 4.74 Å². The molecule has 0 aliphatic carbocycles. The van der Waals surface area contributed by atoms with Gasteiger partial charge in [0.05, 0.1) is 19.8 Å². The molecule has 0 rings (SSSR count). The first-order chi connectivity index (χ1) is 7.40. The first-order valence-electron chi connectivity index (χ1n) is 4.39. The zero-order chi connectivity index (χ0) is 12.6. The highest BCUT2D eigenvalue weighted by Gasteiger charge is 2.40. The molecule has 0 aromatic rings. The first-order valence-corrected chi connectivity index (χ1v) is 4.39. The third-order valence-corrected chi connectivity index (χ3v) is 1.51. The minimum Gasteiger partial charge on any atom is -0.382 e. The molecule has 0 spiro atoms. The number of carbonyl (C=O) groups excluding carboxylic acids is 1. The van der Waals surface area contributed by atoms with Gasteiger partial charge in [-0.1, -0.05) is 0 Å². The summed E-state index contributed by atoms with van der Waals surface area (Å²) in [5, 5.41) is 1.65. The first kappa shape index (κ1) is 15.1. The molecule has 0 radical (unpaired) electrons. The Labute approximate surface area is 89.9 Å². The van der Waals surface area contributed by atoms with Gasteiger partial charge in [-0.25, -0.2) is 8.78 Å². The molecular weight excluding hydrogens is 234 g/mol. The van der Waals surface area contributed by atoms with E-state index in [9.17, 15) is 22.4 Å². The molecule has 1 N–H and O–H groups in total.